The lowest BCUT2D eigenvalue weighted by atomic mass is 9.95. The van der Waals surface area contributed by atoms with Gasteiger partial charge in [-0.15, -0.1) is 0 Å². The second-order valence-electron chi connectivity index (χ2n) is 10.5. The summed E-state index contributed by atoms with van der Waals surface area (Å²) in [6, 6.07) is 14.2. The van der Waals surface area contributed by atoms with E-state index in [0.29, 0.717) is 60.5 Å². The van der Waals surface area contributed by atoms with E-state index in [0.717, 1.165) is 0 Å². The van der Waals surface area contributed by atoms with Crippen molar-refractivity contribution in [2.45, 2.75) is 26.5 Å². The first-order valence-corrected chi connectivity index (χ1v) is 15.6. The molecule has 1 aliphatic rings. The van der Waals surface area contributed by atoms with Crippen molar-refractivity contribution >= 4 is 29.4 Å². The molecule has 0 bridgehead atoms. The fourth-order valence-electron chi connectivity index (χ4n) is 5.37. The van der Waals surface area contributed by atoms with Crippen LogP contribution >= 0.6 is 11.3 Å². The lowest BCUT2D eigenvalue weighted by Gasteiger charge is -2.26. The number of methoxy groups -OCH3 is 4. The molecule has 0 saturated carbocycles. The number of carboxylic acid groups (broad SMARTS) is 1. The van der Waals surface area contributed by atoms with E-state index < -0.39 is 18.0 Å². The molecule has 3 aromatic carbocycles. The van der Waals surface area contributed by atoms with Gasteiger partial charge in [-0.05, 0) is 73.0 Å². The van der Waals surface area contributed by atoms with Crippen LogP contribution in [0.15, 0.2) is 75.7 Å². The zero-order chi connectivity index (χ0) is 34.5. The van der Waals surface area contributed by atoms with Gasteiger partial charge in [-0.2, -0.15) is 0 Å². The number of rotatable bonds is 12. The van der Waals surface area contributed by atoms with Crippen molar-refractivity contribution in [3.05, 3.63) is 108 Å². The minimum Gasteiger partial charge on any atom is -0.493 e. The maximum atomic E-state index is 14.1. The Morgan fingerprint density at radius 1 is 0.938 bits per heavy atom. The summed E-state index contributed by atoms with van der Waals surface area (Å²) in [6.45, 7) is 3.67. The van der Waals surface area contributed by atoms with E-state index in [-0.39, 0.29) is 29.9 Å². The zero-order valence-electron chi connectivity index (χ0n) is 27.2. The van der Waals surface area contributed by atoms with Crippen molar-refractivity contribution in [2.75, 3.05) is 35.0 Å². The molecule has 0 amide bonds. The fraction of sp³-hybridized carbons (Fsp3) is 0.257. The van der Waals surface area contributed by atoms with Gasteiger partial charge in [0.05, 0.1) is 62.5 Å². The van der Waals surface area contributed by atoms with Crippen LogP contribution in [0.2, 0.25) is 0 Å². The third-order valence-electron chi connectivity index (χ3n) is 7.57. The molecule has 4 aromatic rings. The summed E-state index contributed by atoms with van der Waals surface area (Å²) in [7, 11) is 5.97. The second-order valence-corrected chi connectivity index (χ2v) is 11.5. The standard InChI is InChI=1S/C35H34N2O10S/c1-7-46-34(41)29-19(2)36-35-37(30(29)23-16-26(43-4)31(45-6)27(17-23)44-5)32(38)28(48-35)15-20-11-12-24(25(14-20)42-3)47-18-21-9-8-10-22(13-21)33(39)40/h8-17,30H,7,18H2,1-6H3,(H,39,40)/b28-15-/t30-/m1/s1. The van der Waals surface area contributed by atoms with Gasteiger partial charge in [-0.3, -0.25) is 9.36 Å². The molecule has 250 valence electrons. The average molecular weight is 675 g/mol. The largest absolute Gasteiger partial charge is 0.493 e. The Labute approximate surface area is 279 Å². The minimum absolute atomic E-state index is 0.124. The lowest BCUT2D eigenvalue weighted by molar-refractivity contribution is -0.139. The van der Waals surface area contributed by atoms with Crippen molar-refractivity contribution in [3.8, 4) is 28.7 Å². The third kappa shape index (κ3) is 6.63. The number of hydrogen-bond acceptors (Lipinski definition) is 11. The highest BCUT2D eigenvalue weighted by Crippen LogP contribution is 2.42. The van der Waals surface area contributed by atoms with Crippen LogP contribution in [0.1, 0.15) is 46.9 Å². The van der Waals surface area contributed by atoms with Crippen LogP contribution in [-0.4, -0.2) is 56.7 Å². The normalized spacial score (nSPS) is 14.1. The SMILES string of the molecule is CCOC(=O)C1=C(C)N=c2s/c(=C\c3ccc(OCc4cccc(C(=O)O)c4)c(OC)c3)c(=O)n2[C@@H]1c1cc(OC)c(OC)c(OC)c1. The van der Waals surface area contributed by atoms with Crippen LogP contribution in [0.25, 0.3) is 6.08 Å². The first-order chi connectivity index (χ1) is 23.1. The van der Waals surface area contributed by atoms with Crippen LogP contribution in [0.3, 0.4) is 0 Å². The molecular weight excluding hydrogens is 640 g/mol. The topological polar surface area (TPSA) is 144 Å². The molecule has 1 atom stereocenters. The number of allylic oxidation sites excluding steroid dienone is 1. The van der Waals surface area contributed by atoms with Gasteiger partial charge in [0.25, 0.3) is 5.56 Å². The Hall–Kier alpha value is -5.56. The van der Waals surface area contributed by atoms with Crippen LogP contribution < -0.4 is 38.6 Å². The van der Waals surface area contributed by atoms with E-state index in [2.05, 4.69) is 4.99 Å². The summed E-state index contributed by atoms with van der Waals surface area (Å²) < 4.78 is 35.4. The number of aromatic carboxylic acids is 1. The Bertz CT molecular complexity index is 2070. The third-order valence-corrected chi connectivity index (χ3v) is 8.56. The minimum atomic E-state index is -1.02. The first kappa shape index (κ1) is 33.8. The Morgan fingerprint density at radius 2 is 1.65 bits per heavy atom. The lowest BCUT2D eigenvalue weighted by Crippen LogP contribution is -2.40. The highest BCUT2D eigenvalue weighted by atomic mass is 32.1. The molecular formula is C35H34N2O10S. The monoisotopic (exact) mass is 674 g/mol. The molecule has 0 spiro atoms. The Morgan fingerprint density at radius 3 is 2.27 bits per heavy atom. The van der Waals surface area contributed by atoms with E-state index in [1.165, 1.54) is 50.4 Å². The fourth-order valence-corrected chi connectivity index (χ4v) is 6.41. The highest BCUT2D eigenvalue weighted by Gasteiger charge is 2.34. The van der Waals surface area contributed by atoms with Gasteiger partial charge in [-0.25, -0.2) is 14.6 Å². The van der Waals surface area contributed by atoms with Gasteiger partial charge in [0.1, 0.15) is 6.61 Å². The maximum absolute atomic E-state index is 14.1. The number of thiazole rings is 1. The molecule has 0 fully saturated rings. The quantitative estimate of drug-likeness (QED) is 0.218. The molecule has 13 heteroatoms. The van der Waals surface area contributed by atoms with Crippen LogP contribution in [0, 0.1) is 0 Å². The number of esters is 1. The number of ether oxygens (including phenoxy) is 6. The van der Waals surface area contributed by atoms with Crippen molar-refractivity contribution < 1.29 is 43.1 Å². The molecule has 1 N–H and O–H groups in total. The van der Waals surface area contributed by atoms with Crippen molar-refractivity contribution in [1.82, 2.24) is 4.57 Å². The predicted octanol–water partition coefficient (Wildman–Crippen LogP) is 4.11. The summed E-state index contributed by atoms with van der Waals surface area (Å²) in [5, 5.41) is 9.28. The number of carbonyl (C=O) groups excluding carboxylic acids is 1. The molecule has 0 aliphatic carbocycles. The average Bonchev–Trinajstić information content (AvgIpc) is 3.39. The van der Waals surface area contributed by atoms with E-state index >= 15 is 0 Å². The Balaban J connectivity index is 1.58. The summed E-state index contributed by atoms with van der Waals surface area (Å²) in [5.41, 5.74) is 2.29. The number of carboxylic acids is 1. The molecule has 48 heavy (non-hydrogen) atoms. The van der Waals surface area contributed by atoms with Crippen molar-refractivity contribution in [2.24, 2.45) is 4.99 Å². The van der Waals surface area contributed by atoms with Gasteiger partial charge in [0, 0.05) is 0 Å². The number of benzene rings is 3. The summed E-state index contributed by atoms with van der Waals surface area (Å²) >= 11 is 1.18. The maximum Gasteiger partial charge on any atom is 0.338 e. The van der Waals surface area contributed by atoms with Gasteiger partial charge < -0.3 is 33.5 Å². The Kier molecular flexibility index (Phi) is 10.2. The second kappa shape index (κ2) is 14.5. The zero-order valence-corrected chi connectivity index (χ0v) is 28.0. The molecule has 2 heterocycles. The van der Waals surface area contributed by atoms with E-state index in [9.17, 15) is 19.5 Å². The van der Waals surface area contributed by atoms with Crippen LogP contribution in [0.5, 0.6) is 28.7 Å². The number of hydrogen-bond donors (Lipinski definition) is 1. The number of fused-ring (bicyclic) bond motifs is 1. The molecule has 0 unspecified atom stereocenters. The predicted molar refractivity (Wildman–Crippen MR) is 177 cm³/mol. The molecule has 1 aromatic heterocycles. The van der Waals surface area contributed by atoms with Crippen molar-refractivity contribution in [3.63, 3.8) is 0 Å². The van der Waals surface area contributed by atoms with E-state index in [4.69, 9.17) is 28.4 Å². The molecule has 12 nitrogen and oxygen atoms in total. The molecule has 5 rings (SSSR count). The number of carbonyl (C=O) groups is 2. The molecule has 0 saturated heterocycles. The van der Waals surface area contributed by atoms with Crippen LogP contribution in [0.4, 0.5) is 0 Å². The van der Waals surface area contributed by atoms with Gasteiger partial charge >= 0.3 is 11.9 Å². The summed E-state index contributed by atoms with van der Waals surface area (Å²) in [5.74, 6) is 0.319. The van der Waals surface area contributed by atoms with Crippen LogP contribution in [-0.2, 0) is 16.1 Å². The van der Waals surface area contributed by atoms with Crippen molar-refractivity contribution in [1.29, 1.82) is 0 Å². The van der Waals surface area contributed by atoms with Gasteiger partial charge in [0.15, 0.2) is 27.8 Å². The van der Waals surface area contributed by atoms with E-state index in [1.807, 2.05) is 0 Å². The molecule has 1 aliphatic heterocycles. The highest BCUT2D eigenvalue weighted by molar-refractivity contribution is 7.07. The smallest absolute Gasteiger partial charge is 0.338 e. The number of aromatic nitrogens is 1. The summed E-state index contributed by atoms with van der Waals surface area (Å²) in [6.07, 6.45) is 1.71. The van der Waals surface area contributed by atoms with Gasteiger partial charge in [-0.1, -0.05) is 29.5 Å². The van der Waals surface area contributed by atoms with Gasteiger partial charge in [0.2, 0.25) is 5.75 Å². The summed E-state index contributed by atoms with van der Waals surface area (Å²) in [4.78, 5) is 43.8. The molecule has 0 radical (unpaired) electrons. The van der Waals surface area contributed by atoms with E-state index in [1.54, 1.807) is 68.5 Å². The first-order valence-electron chi connectivity index (χ1n) is 14.8. The number of nitrogens with zero attached hydrogens (tertiary/aromatic N) is 2.